The summed E-state index contributed by atoms with van der Waals surface area (Å²) in [6.45, 7) is 2.24. The second-order valence-corrected chi connectivity index (χ2v) is 8.50. The van der Waals surface area contributed by atoms with Crippen molar-refractivity contribution in [3.63, 3.8) is 0 Å². The van der Waals surface area contributed by atoms with Gasteiger partial charge < -0.3 is 15.7 Å². The highest BCUT2D eigenvalue weighted by molar-refractivity contribution is 9.10. The smallest absolute Gasteiger partial charge is 0.256 e. The molecule has 1 aromatic carbocycles. The molecule has 2 atom stereocenters. The van der Waals surface area contributed by atoms with Crippen LogP contribution in [-0.4, -0.2) is 11.0 Å². The highest BCUT2D eigenvalue weighted by atomic mass is 79.9. The van der Waals surface area contributed by atoms with Crippen molar-refractivity contribution >= 4 is 38.2 Å². The molecule has 0 unspecified atom stereocenters. The molecule has 1 aliphatic heterocycles. The first-order valence-corrected chi connectivity index (χ1v) is 9.88. The van der Waals surface area contributed by atoms with Gasteiger partial charge >= 0.3 is 0 Å². The number of hydrogen-bond acceptors (Lipinski definition) is 4. The third-order valence-corrected chi connectivity index (χ3v) is 6.70. The van der Waals surface area contributed by atoms with E-state index in [1.807, 2.05) is 6.07 Å². The molecule has 0 spiro atoms. The predicted molar refractivity (Wildman–Crippen MR) is 99.8 cm³/mol. The van der Waals surface area contributed by atoms with Crippen molar-refractivity contribution in [1.82, 2.24) is 5.32 Å². The van der Waals surface area contributed by atoms with Crippen LogP contribution in [-0.2, 0) is 12.8 Å². The van der Waals surface area contributed by atoms with Gasteiger partial charge in [-0.1, -0.05) is 29.3 Å². The SMILES string of the molecule is CC[C@H]1CCc2c(sc3c2C(=O)N[C@@H](c2cc(Br)ccc2O)N3)C1. The molecule has 0 saturated carbocycles. The zero-order valence-electron chi connectivity index (χ0n) is 13.4. The van der Waals surface area contributed by atoms with E-state index in [4.69, 9.17) is 0 Å². The van der Waals surface area contributed by atoms with Crippen LogP contribution in [0, 0.1) is 5.92 Å². The topological polar surface area (TPSA) is 61.4 Å². The standard InChI is InChI=1S/C18H19BrN2O2S/c1-2-9-3-5-11-14(7-9)24-18-15(11)17(23)20-16(21-18)12-8-10(19)4-6-13(12)22/h4,6,8-9,16,21-22H,2-3,5,7H2,1H3,(H,20,23)/t9-,16+/m0/s1. The Balaban J connectivity index is 1.70. The summed E-state index contributed by atoms with van der Waals surface area (Å²) in [5.41, 5.74) is 2.71. The zero-order chi connectivity index (χ0) is 16.8. The molecule has 2 heterocycles. The summed E-state index contributed by atoms with van der Waals surface area (Å²) in [5.74, 6) is 0.859. The number of carbonyl (C=O) groups is 1. The lowest BCUT2D eigenvalue weighted by molar-refractivity contribution is 0.0935. The van der Waals surface area contributed by atoms with Gasteiger partial charge in [-0.3, -0.25) is 4.79 Å². The first kappa shape index (κ1) is 16.0. The summed E-state index contributed by atoms with van der Waals surface area (Å²) in [7, 11) is 0. The minimum absolute atomic E-state index is 0.0411. The van der Waals surface area contributed by atoms with E-state index in [0.717, 1.165) is 40.2 Å². The van der Waals surface area contributed by atoms with Gasteiger partial charge in [0.05, 0.1) is 5.56 Å². The Morgan fingerprint density at radius 3 is 3.00 bits per heavy atom. The molecule has 4 nitrogen and oxygen atoms in total. The lowest BCUT2D eigenvalue weighted by atomic mass is 9.85. The van der Waals surface area contributed by atoms with Crippen LogP contribution in [0.5, 0.6) is 5.75 Å². The van der Waals surface area contributed by atoms with Gasteiger partial charge in [-0.15, -0.1) is 11.3 Å². The number of aromatic hydroxyl groups is 1. The number of phenols is 1. The van der Waals surface area contributed by atoms with Gasteiger partial charge in [0, 0.05) is 14.9 Å². The number of amides is 1. The molecule has 1 aliphatic carbocycles. The van der Waals surface area contributed by atoms with Crippen LogP contribution in [0.2, 0.25) is 0 Å². The molecule has 6 heteroatoms. The maximum atomic E-state index is 12.7. The molecule has 3 N–H and O–H groups in total. The maximum Gasteiger partial charge on any atom is 0.256 e. The Hall–Kier alpha value is -1.53. The number of hydrogen-bond donors (Lipinski definition) is 3. The fourth-order valence-electron chi connectivity index (χ4n) is 3.63. The second-order valence-electron chi connectivity index (χ2n) is 6.48. The molecule has 0 fully saturated rings. The molecule has 126 valence electrons. The average molecular weight is 407 g/mol. The number of fused-ring (bicyclic) bond motifs is 3. The van der Waals surface area contributed by atoms with Crippen LogP contribution >= 0.6 is 27.3 Å². The number of rotatable bonds is 2. The number of phenolic OH excluding ortho intramolecular Hbond substituents is 1. The molecule has 24 heavy (non-hydrogen) atoms. The number of benzene rings is 1. The second kappa shape index (κ2) is 6.08. The number of thiophene rings is 1. The van der Waals surface area contributed by atoms with Gasteiger partial charge in [0.15, 0.2) is 0 Å². The lowest BCUT2D eigenvalue weighted by Gasteiger charge is -2.27. The fourth-order valence-corrected chi connectivity index (χ4v) is 5.39. The molecule has 0 bridgehead atoms. The highest BCUT2D eigenvalue weighted by Gasteiger charge is 2.34. The Bertz CT molecular complexity index is 818. The van der Waals surface area contributed by atoms with E-state index in [1.165, 1.54) is 16.9 Å². The summed E-state index contributed by atoms with van der Waals surface area (Å²) >= 11 is 5.13. The van der Waals surface area contributed by atoms with Crippen LogP contribution in [0.25, 0.3) is 0 Å². The number of nitrogens with one attached hydrogen (secondary N) is 2. The Labute approximate surface area is 153 Å². The van der Waals surface area contributed by atoms with E-state index >= 15 is 0 Å². The number of halogens is 1. The average Bonchev–Trinajstić information content (AvgIpc) is 2.94. The van der Waals surface area contributed by atoms with Gasteiger partial charge in [0.1, 0.15) is 16.9 Å². The van der Waals surface area contributed by atoms with Crippen molar-refractivity contribution in [3.05, 3.63) is 44.2 Å². The van der Waals surface area contributed by atoms with E-state index in [1.54, 1.807) is 23.5 Å². The normalized spacial score (nSPS) is 22.3. The molecule has 1 amide bonds. The predicted octanol–water partition coefficient (Wildman–Crippen LogP) is 4.59. The maximum absolute atomic E-state index is 12.7. The Morgan fingerprint density at radius 1 is 1.38 bits per heavy atom. The van der Waals surface area contributed by atoms with Gasteiger partial charge in [-0.25, -0.2) is 0 Å². The molecule has 2 aliphatic rings. The summed E-state index contributed by atoms with van der Waals surface area (Å²) in [6.07, 6.45) is 4.00. The van der Waals surface area contributed by atoms with Crippen molar-refractivity contribution in [2.24, 2.45) is 5.92 Å². The zero-order valence-corrected chi connectivity index (χ0v) is 15.8. The van der Waals surface area contributed by atoms with Crippen LogP contribution in [0.15, 0.2) is 22.7 Å². The van der Waals surface area contributed by atoms with E-state index in [9.17, 15) is 9.90 Å². The lowest BCUT2D eigenvalue weighted by Crippen LogP contribution is -2.38. The summed E-state index contributed by atoms with van der Waals surface area (Å²) in [4.78, 5) is 14.1. The van der Waals surface area contributed by atoms with Crippen molar-refractivity contribution < 1.29 is 9.90 Å². The minimum Gasteiger partial charge on any atom is -0.508 e. The van der Waals surface area contributed by atoms with Gasteiger partial charge in [0.2, 0.25) is 0 Å². The van der Waals surface area contributed by atoms with Crippen LogP contribution < -0.4 is 10.6 Å². The van der Waals surface area contributed by atoms with Crippen molar-refractivity contribution in [1.29, 1.82) is 0 Å². The number of carbonyl (C=O) groups excluding carboxylic acids is 1. The third-order valence-electron chi connectivity index (χ3n) is 5.02. The summed E-state index contributed by atoms with van der Waals surface area (Å²) < 4.78 is 0.869. The molecular weight excluding hydrogens is 388 g/mol. The van der Waals surface area contributed by atoms with E-state index in [-0.39, 0.29) is 11.7 Å². The van der Waals surface area contributed by atoms with Crippen molar-refractivity contribution in [3.8, 4) is 5.75 Å². The van der Waals surface area contributed by atoms with Gasteiger partial charge in [-0.05, 0) is 48.9 Å². The molecular formula is C18H19BrN2O2S. The van der Waals surface area contributed by atoms with Crippen LogP contribution in [0.3, 0.4) is 0 Å². The summed E-state index contributed by atoms with van der Waals surface area (Å²) in [5, 5.41) is 17.5. The van der Waals surface area contributed by atoms with E-state index in [2.05, 4.69) is 33.5 Å². The van der Waals surface area contributed by atoms with Crippen LogP contribution in [0.4, 0.5) is 5.00 Å². The molecule has 0 radical (unpaired) electrons. The Morgan fingerprint density at radius 2 is 2.21 bits per heavy atom. The first-order chi connectivity index (χ1) is 11.6. The molecule has 4 rings (SSSR count). The summed E-state index contributed by atoms with van der Waals surface area (Å²) in [6, 6.07) is 5.25. The fraction of sp³-hybridized carbons (Fsp3) is 0.389. The number of anilines is 1. The van der Waals surface area contributed by atoms with Crippen LogP contribution in [0.1, 0.15) is 52.3 Å². The quantitative estimate of drug-likeness (QED) is 0.683. The molecule has 2 aromatic rings. The van der Waals surface area contributed by atoms with E-state index < -0.39 is 6.17 Å². The van der Waals surface area contributed by atoms with Crippen molar-refractivity contribution in [2.45, 2.75) is 38.8 Å². The largest absolute Gasteiger partial charge is 0.508 e. The highest BCUT2D eigenvalue weighted by Crippen LogP contribution is 2.43. The third kappa shape index (κ3) is 2.62. The monoisotopic (exact) mass is 406 g/mol. The molecule has 0 saturated heterocycles. The Kier molecular flexibility index (Phi) is 4.04. The van der Waals surface area contributed by atoms with Gasteiger partial charge in [0.25, 0.3) is 5.91 Å². The first-order valence-electron chi connectivity index (χ1n) is 8.27. The minimum atomic E-state index is -0.412. The molecule has 1 aromatic heterocycles. The van der Waals surface area contributed by atoms with Gasteiger partial charge in [-0.2, -0.15) is 0 Å². The van der Waals surface area contributed by atoms with E-state index in [0.29, 0.717) is 5.56 Å². The van der Waals surface area contributed by atoms with Crippen molar-refractivity contribution in [2.75, 3.05) is 5.32 Å².